The Bertz CT molecular complexity index is 667. The van der Waals surface area contributed by atoms with Crippen LogP contribution in [0.5, 0.6) is 0 Å². The quantitative estimate of drug-likeness (QED) is 0.934. The zero-order chi connectivity index (χ0) is 16.3. The second-order valence-electron chi connectivity index (χ2n) is 4.88. The van der Waals surface area contributed by atoms with E-state index >= 15 is 0 Å². The Morgan fingerprint density at radius 2 is 2.00 bits per heavy atom. The molecule has 1 aromatic carbocycles. The number of carbonyl (C=O) groups is 1. The summed E-state index contributed by atoms with van der Waals surface area (Å²) in [5.41, 5.74) is -0.633. The number of benzene rings is 1. The zero-order valence-electron chi connectivity index (χ0n) is 11.9. The molecule has 0 bridgehead atoms. The summed E-state index contributed by atoms with van der Waals surface area (Å²) in [4.78, 5) is 18.1. The van der Waals surface area contributed by atoms with Gasteiger partial charge < -0.3 is 4.90 Å². The monoisotopic (exact) mass is 329 g/mol. The third kappa shape index (κ3) is 4.05. The first-order valence-corrected chi connectivity index (χ1v) is 7.22. The summed E-state index contributed by atoms with van der Waals surface area (Å²) in [5.74, 6) is -0.821. The van der Waals surface area contributed by atoms with E-state index in [1.807, 2.05) is 19.0 Å². The van der Waals surface area contributed by atoms with Crippen molar-refractivity contribution in [3.8, 4) is 0 Å². The molecule has 0 radical (unpaired) electrons. The summed E-state index contributed by atoms with van der Waals surface area (Å²) in [6.45, 7) is 0.589. The highest BCUT2D eigenvalue weighted by Gasteiger charge is 2.34. The van der Waals surface area contributed by atoms with Gasteiger partial charge in [-0.3, -0.25) is 10.1 Å². The van der Waals surface area contributed by atoms with Crippen molar-refractivity contribution >= 4 is 22.4 Å². The highest BCUT2D eigenvalue weighted by atomic mass is 32.1. The van der Waals surface area contributed by atoms with Crippen LogP contribution in [0.15, 0.2) is 29.6 Å². The lowest BCUT2D eigenvalue weighted by Gasteiger charge is -2.11. The standard InChI is InChI=1S/C14H14F3N3OS/c1-20(2)7-9-8-22-13(18-9)19-12(21)10-5-3-4-6-11(10)14(15,16)17/h3-6,8H,7H2,1-2H3,(H,18,19,21). The third-order valence-corrected chi connectivity index (χ3v) is 3.53. The number of hydrogen-bond acceptors (Lipinski definition) is 4. The molecule has 0 fully saturated rings. The zero-order valence-corrected chi connectivity index (χ0v) is 12.8. The first-order chi connectivity index (χ1) is 10.3. The molecule has 0 aliphatic heterocycles. The number of nitrogens with one attached hydrogen (secondary N) is 1. The number of aromatic nitrogens is 1. The van der Waals surface area contributed by atoms with Crippen LogP contribution < -0.4 is 5.32 Å². The van der Waals surface area contributed by atoms with Crippen LogP contribution in [0.1, 0.15) is 21.6 Å². The number of halogens is 3. The summed E-state index contributed by atoms with van der Waals surface area (Å²) in [7, 11) is 3.74. The van der Waals surface area contributed by atoms with Gasteiger partial charge in [-0.1, -0.05) is 12.1 Å². The minimum Gasteiger partial charge on any atom is -0.304 e. The van der Waals surface area contributed by atoms with Crippen molar-refractivity contribution in [1.29, 1.82) is 0 Å². The Kier molecular flexibility index (Phi) is 4.82. The molecule has 0 aliphatic rings. The van der Waals surface area contributed by atoms with E-state index in [9.17, 15) is 18.0 Å². The van der Waals surface area contributed by atoms with Crippen LogP contribution in [0.2, 0.25) is 0 Å². The minimum atomic E-state index is -4.58. The normalized spacial score (nSPS) is 11.7. The Labute approximate surface area is 129 Å². The molecule has 2 aromatic rings. The average Bonchev–Trinajstić information content (AvgIpc) is 2.84. The van der Waals surface area contributed by atoms with Crippen molar-refractivity contribution in [2.45, 2.75) is 12.7 Å². The summed E-state index contributed by atoms with van der Waals surface area (Å²) in [6.07, 6.45) is -4.58. The van der Waals surface area contributed by atoms with E-state index in [2.05, 4.69) is 10.3 Å². The molecular formula is C14H14F3N3OS. The van der Waals surface area contributed by atoms with Crippen LogP contribution in [-0.4, -0.2) is 29.9 Å². The maximum absolute atomic E-state index is 12.9. The van der Waals surface area contributed by atoms with Gasteiger partial charge in [0.1, 0.15) is 0 Å². The molecule has 0 aliphatic carbocycles. The second kappa shape index (κ2) is 6.45. The molecule has 0 saturated carbocycles. The van der Waals surface area contributed by atoms with Crippen LogP contribution in [0, 0.1) is 0 Å². The molecule has 118 valence electrons. The summed E-state index contributed by atoms with van der Waals surface area (Å²) < 4.78 is 38.7. The fourth-order valence-corrected chi connectivity index (χ4v) is 2.55. The van der Waals surface area contributed by atoms with E-state index in [4.69, 9.17) is 0 Å². The Balaban J connectivity index is 2.18. The molecule has 4 nitrogen and oxygen atoms in total. The van der Waals surface area contributed by atoms with Gasteiger partial charge in [0, 0.05) is 11.9 Å². The molecule has 0 spiro atoms. The molecule has 0 saturated heterocycles. The van der Waals surface area contributed by atoms with Crippen LogP contribution in [0.4, 0.5) is 18.3 Å². The third-order valence-electron chi connectivity index (χ3n) is 2.73. The van der Waals surface area contributed by atoms with Gasteiger partial charge in [0.15, 0.2) is 5.13 Å². The number of rotatable bonds is 4. The van der Waals surface area contributed by atoms with E-state index < -0.39 is 23.2 Å². The summed E-state index contributed by atoms with van der Waals surface area (Å²) >= 11 is 1.18. The van der Waals surface area contributed by atoms with Gasteiger partial charge in [0.25, 0.3) is 5.91 Å². The molecule has 22 heavy (non-hydrogen) atoms. The lowest BCUT2D eigenvalue weighted by molar-refractivity contribution is -0.137. The number of anilines is 1. The van der Waals surface area contributed by atoms with Crippen molar-refractivity contribution < 1.29 is 18.0 Å². The van der Waals surface area contributed by atoms with Gasteiger partial charge in [-0.2, -0.15) is 13.2 Å². The number of alkyl halides is 3. The smallest absolute Gasteiger partial charge is 0.304 e. The van der Waals surface area contributed by atoms with Gasteiger partial charge in [-0.15, -0.1) is 11.3 Å². The topological polar surface area (TPSA) is 45.2 Å². The van der Waals surface area contributed by atoms with Crippen LogP contribution in [-0.2, 0) is 12.7 Å². The van der Waals surface area contributed by atoms with E-state index in [0.29, 0.717) is 6.54 Å². The Morgan fingerprint density at radius 1 is 1.32 bits per heavy atom. The van der Waals surface area contributed by atoms with Crippen LogP contribution in [0.25, 0.3) is 0 Å². The van der Waals surface area contributed by atoms with Crippen molar-refractivity contribution in [3.63, 3.8) is 0 Å². The summed E-state index contributed by atoms with van der Waals surface area (Å²) in [6, 6.07) is 4.67. The van der Waals surface area contributed by atoms with Gasteiger partial charge in [-0.05, 0) is 26.2 Å². The number of thiazole rings is 1. The highest BCUT2D eigenvalue weighted by molar-refractivity contribution is 7.13. The molecule has 2 rings (SSSR count). The molecule has 0 atom stereocenters. The lowest BCUT2D eigenvalue weighted by atomic mass is 10.1. The van der Waals surface area contributed by atoms with E-state index in [1.54, 1.807) is 5.38 Å². The molecule has 8 heteroatoms. The average molecular weight is 329 g/mol. The first kappa shape index (κ1) is 16.4. The lowest BCUT2D eigenvalue weighted by Crippen LogP contribution is -2.18. The van der Waals surface area contributed by atoms with Crippen LogP contribution in [0.3, 0.4) is 0 Å². The molecule has 0 unspecified atom stereocenters. The molecule has 1 heterocycles. The van der Waals surface area contributed by atoms with Crippen LogP contribution >= 0.6 is 11.3 Å². The fraction of sp³-hybridized carbons (Fsp3) is 0.286. The Morgan fingerprint density at radius 3 is 2.64 bits per heavy atom. The number of amides is 1. The van der Waals surface area contributed by atoms with Crippen molar-refractivity contribution in [2.24, 2.45) is 0 Å². The Hall–Kier alpha value is -1.93. The molecule has 1 aromatic heterocycles. The van der Waals surface area contributed by atoms with E-state index in [-0.39, 0.29) is 5.13 Å². The van der Waals surface area contributed by atoms with Gasteiger partial charge >= 0.3 is 6.18 Å². The second-order valence-corrected chi connectivity index (χ2v) is 5.74. The highest BCUT2D eigenvalue weighted by Crippen LogP contribution is 2.32. The SMILES string of the molecule is CN(C)Cc1csc(NC(=O)c2ccccc2C(F)(F)F)n1. The molecular weight excluding hydrogens is 315 g/mol. The predicted molar refractivity (Wildman–Crippen MR) is 78.9 cm³/mol. The largest absolute Gasteiger partial charge is 0.417 e. The molecule has 1 N–H and O–H groups in total. The van der Waals surface area contributed by atoms with Crippen molar-refractivity contribution in [1.82, 2.24) is 9.88 Å². The number of carbonyl (C=O) groups excluding carboxylic acids is 1. The van der Waals surface area contributed by atoms with E-state index in [1.165, 1.54) is 23.5 Å². The maximum Gasteiger partial charge on any atom is 0.417 e. The molecule has 1 amide bonds. The fourth-order valence-electron chi connectivity index (χ4n) is 1.85. The van der Waals surface area contributed by atoms with E-state index in [0.717, 1.165) is 17.8 Å². The summed E-state index contributed by atoms with van der Waals surface area (Å²) in [5, 5.41) is 4.45. The number of hydrogen-bond donors (Lipinski definition) is 1. The van der Waals surface area contributed by atoms with Gasteiger partial charge in [0.2, 0.25) is 0 Å². The predicted octanol–water partition coefficient (Wildman–Crippen LogP) is 3.48. The maximum atomic E-state index is 12.9. The van der Waals surface area contributed by atoms with Crippen molar-refractivity contribution in [2.75, 3.05) is 19.4 Å². The first-order valence-electron chi connectivity index (χ1n) is 6.34. The minimum absolute atomic E-state index is 0.277. The van der Waals surface area contributed by atoms with Gasteiger partial charge in [0.05, 0.1) is 16.8 Å². The number of nitrogens with zero attached hydrogens (tertiary/aromatic N) is 2. The van der Waals surface area contributed by atoms with Crippen molar-refractivity contribution in [3.05, 3.63) is 46.5 Å². The van der Waals surface area contributed by atoms with Gasteiger partial charge in [-0.25, -0.2) is 4.98 Å².